The number of furan rings is 1. The fourth-order valence-electron chi connectivity index (χ4n) is 5.87. The van der Waals surface area contributed by atoms with E-state index in [-0.39, 0.29) is 0 Å². The van der Waals surface area contributed by atoms with Crippen LogP contribution in [-0.2, 0) is 7.05 Å². The topological polar surface area (TPSA) is 21.9 Å². The summed E-state index contributed by atoms with van der Waals surface area (Å²) in [5.74, 6) is 0. The second kappa shape index (κ2) is 7.55. The number of aromatic nitrogens is 2. The molecular weight excluding hydrogens is 472 g/mol. The Balaban J connectivity index is 1.42. The quantitative estimate of drug-likeness (QED) is 0.220. The summed E-state index contributed by atoms with van der Waals surface area (Å²) in [6, 6.07) is 34.7. The number of pyridine rings is 1. The molecule has 0 radical (unpaired) electrons. The summed E-state index contributed by atoms with van der Waals surface area (Å²) in [5, 5.41) is 6.12. The predicted molar refractivity (Wildman–Crippen MR) is 155 cm³/mol. The van der Waals surface area contributed by atoms with Crippen LogP contribution in [0.5, 0.6) is 0 Å². The molecule has 4 heterocycles. The summed E-state index contributed by atoms with van der Waals surface area (Å²) < 4.78 is 12.5. The lowest BCUT2D eigenvalue weighted by atomic mass is 10.1. The Hall–Kier alpha value is -4.41. The summed E-state index contributed by atoms with van der Waals surface area (Å²) in [4.78, 5) is 1.26. The molecule has 0 spiro atoms. The Morgan fingerprint density at radius 1 is 0.703 bits per heavy atom. The lowest BCUT2D eigenvalue weighted by Crippen LogP contribution is -2.30. The Kier molecular flexibility index (Phi) is 4.23. The van der Waals surface area contributed by atoms with Crippen molar-refractivity contribution in [1.29, 1.82) is 0 Å². The lowest BCUT2D eigenvalue weighted by Gasteiger charge is -2.07. The van der Waals surface area contributed by atoms with Gasteiger partial charge in [-0.3, -0.25) is 0 Å². The molecule has 8 aromatic rings. The van der Waals surface area contributed by atoms with Gasteiger partial charge in [0.25, 0.3) is 5.69 Å². The van der Waals surface area contributed by atoms with Gasteiger partial charge in [-0.15, -0.1) is 11.3 Å². The number of hydrogen-bond donors (Lipinski definition) is 0. The predicted octanol–water partition coefficient (Wildman–Crippen LogP) is 8.70. The van der Waals surface area contributed by atoms with Gasteiger partial charge in [-0.2, -0.15) is 4.57 Å². The second-order valence-corrected chi connectivity index (χ2v) is 10.8. The van der Waals surface area contributed by atoms with Crippen LogP contribution in [0.3, 0.4) is 0 Å². The molecule has 0 saturated heterocycles. The van der Waals surface area contributed by atoms with Gasteiger partial charge in [-0.25, -0.2) is 0 Å². The van der Waals surface area contributed by atoms with Crippen LogP contribution in [0, 0.1) is 6.92 Å². The molecule has 4 aromatic heterocycles. The van der Waals surface area contributed by atoms with Crippen molar-refractivity contribution >= 4 is 65.2 Å². The molecule has 37 heavy (non-hydrogen) atoms. The van der Waals surface area contributed by atoms with E-state index in [0.717, 1.165) is 33.3 Å². The van der Waals surface area contributed by atoms with E-state index in [0.29, 0.717) is 0 Å². The molecule has 0 aliphatic heterocycles. The molecule has 8 rings (SSSR count). The van der Waals surface area contributed by atoms with Crippen molar-refractivity contribution in [1.82, 2.24) is 4.57 Å². The van der Waals surface area contributed by atoms with Crippen LogP contribution in [0.2, 0.25) is 0 Å². The number of thiophene rings is 1. The molecule has 0 fully saturated rings. The van der Waals surface area contributed by atoms with Crippen LogP contribution in [-0.4, -0.2) is 4.57 Å². The third-order valence-electron chi connectivity index (χ3n) is 7.64. The molecule has 0 N–H and O–H groups in total. The van der Waals surface area contributed by atoms with Crippen LogP contribution in [0.15, 0.2) is 108 Å². The van der Waals surface area contributed by atoms with E-state index in [2.05, 4.69) is 126 Å². The number of benzene rings is 4. The fourth-order valence-corrected chi connectivity index (χ4v) is 7.16. The van der Waals surface area contributed by atoms with Crippen molar-refractivity contribution in [3.05, 3.63) is 109 Å². The SMILES string of the molecule is Cc1c(-c2c3oc4ccc(-n5c6ccccc6c6ccccc65)cc4c3cc[n+]2C)sc2ccccc12. The molecule has 0 bridgehead atoms. The fraction of sp³-hybridized carbons (Fsp3) is 0.0606. The number of hydrogen-bond acceptors (Lipinski definition) is 2. The average Bonchev–Trinajstić information content (AvgIpc) is 3.58. The molecular formula is C33H23N2OS+. The number of fused-ring (bicyclic) bond motifs is 7. The van der Waals surface area contributed by atoms with E-state index in [1.165, 1.54) is 42.3 Å². The molecule has 0 unspecified atom stereocenters. The first-order valence-electron chi connectivity index (χ1n) is 12.5. The minimum Gasteiger partial charge on any atom is -0.449 e. The summed E-state index contributed by atoms with van der Waals surface area (Å²) in [7, 11) is 2.11. The Labute approximate surface area is 217 Å². The summed E-state index contributed by atoms with van der Waals surface area (Å²) in [6.07, 6.45) is 2.16. The minimum atomic E-state index is 0.908. The minimum absolute atomic E-state index is 0.908. The van der Waals surface area contributed by atoms with Crippen LogP contribution in [0.1, 0.15) is 5.56 Å². The molecule has 0 atom stereocenters. The Morgan fingerprint density at radius 2 is 1.38 bits per heavy atom. The maximum Gasteiger partial charge on any atom is 0.266 e. The lowest BCUT2D eigenvalue weighted by molar-refractivity contribution is -0.659. The maximum absolute atomic E-state index is 6.59. The Bertz CT molecular complexity index is 2120. The highest BCUT2D eigenvalue weighted by molar-refractivity contribution is 7.22. The highest BCUT2D eigenvalue weighted by Gasteiger charge is 2.25. The third kappa shape index (κ3) is 2.85. The van der Waals surface area contributed by atoms with Gasteiger partial charge in [-0.1, -0.05) is 54.6 Å². The van der Waals surface area contributed by atoms with Crippen LogP contribution < -0.4 is 4.57 Å². The highest BCUT2D eigenvalue weighted by atomic mass is 32.1. The first-order valence-corrected chi connectivity index (χ1v) is 13.3. The molecule has 4 aromatic carbocycles. The molecule has 3 nitrogen and oxygen atoms in total. The van der Waals surface area contributed by atoms with E-state index >= 15 is 0 Å². The number of aryl methyl sites for hydroxylation is 2. The van der Waals surface area contributed by atoms with E-state index in [1.54, 1.807) is 0 Å². The van der Waals surface area contributed by atoms with Crippen LogP contribution in [0.4, 0.5) is 0 Å². The van der Waals surface area contributed by atoms with Crippen molar-refractivity contribution in [2.75, 3.05) is 0 Å². The van der Waals surface area contributed by atoms with Gasteiger partial charge >= 0.3 is 0 Å². The molecule has 0 aliphatic carbocycles. The molecule has 4 heteroatoms. The smallest absolute Gasteiger partial charge is 0.266 e. The molecule has 0 aliphatic rings. The summed E-state index contributed by atoms with van der Waals surface area (Å²) in [5.41, 5.74) is 7.84. The van der Waals surface area contributed by atoms with E-state index in [4.69, 9.17) is 4.42 Å². The second-order valence-electron chi connectivity index (χ2n) is 9.72. The van der Waals surface area contributed by atoms with Gasteiger partial charge < -0.3 is 8.98 Å². The highest BCUT2D eigenvalue weighted by Crippen LogP contribution is 2.42. The molecule has 0 amide bonds. The third-order valence-corrected chi connectivity index (χ3v) is 8.92. The summed E-state index contributed by atoms with van der Waals surface area (Å²) >= 11 is 1.83. The van der Waals surface area contributed by atoms with Gasteiger partial charge in [0.05, 0.1) is 11.0 Å². The number of rotatable bonds is 2. The first-order chi connectivity index (χ1) is 18.2. The van der Waals surface area contributed by atoms with E-state index in [9.17, 15) is 0 Å². The maximum atomic E-state index is 6.59. The number of para-hydroxylation sites is 2. The Morgan fingerprint density at radius 3 is 2.11 bits per heavy atom. The zero-order valence-electron chi connectivity index (χ0n) is 20.5. The van der Waals surface area contributed by atoms with Gasteiger partial charge in [0.15, 0.2) is 6.20 Å². The summed E-state index contributed by atoms with van der Waals surface area (Å²) in [6.45, 7) is 2.22. The van der Waals surface area contributed by atoms with Crippen molar-refractivity contribution in [2.45, 2.75) is 6.92 Å². The van der Waals surface area contributed by atoms with Gasteiger partial charge in [0.2, 0.25) is 5.58 Å². The number of nitrogens with zero attached hydrogens (tertiary/aromatic N) is 2. The standard InChI is InChI=1S/C33H23N2OS/c1-20-22-9-5-8-14-30(22)37-33(20)31-32-25(17-18-34(31)2)26-19-21(15-16-29(26)36-32)35-27-12-6-3-10-23(27)24-11-4-7-13-28(24)35/h3-19H,1-2H3/q+1. The largest absolute Gasteiger partial charge is 0.449 e. The zero-order chi connectivity index (χ0) is 24.7. The van der Waals surface area contributed by atoms with Crippen molar-refractivity contribution in [3.8, 4) is 16.3 Å². The monoisotopic (exact) mass is 495 g/mol. The average molecular weight is 496 g/mol. The van der Waals surface area contributed by atoms with Crippen molar-refractivity contribution < 1.29 is 8.98 Å². The van der Waals surface area contributed by atoms with Gasteiger partial charge in [-0.05, 0) is 54.3 Å². The first kappa shape index (κ1) is 20.7. The van der Waals surface area contributed by atoms with Gasteiger partial charge in [0.1, 0.15) is 17.5 Å². The van der Waals surface area contributed by atoms with Crippen molar-refractivity contribution in [2.24, 2.45) is 7.05 Å². The van der Waals surface area contributed by atoms with E-state index < -0.39 is 0 Å². The van der Waals surface area contributed by atoms with Crippen molar-refractivity contribution in [3.63, 3.8) is 0 Å². The normalized spacial score (nSPS) is 12.1. The van der Waals surface area contributed by atoms with Gasteiger partial charge in [0, 0.05) is 38.0 Å². The van der Waals surface area contributed by atoms with Crippen LogP contribution in [0.25, 0.3) is 70.1 Å². The van der Waals surface area contributed by atoms with Crippen LogP contribution >= 0.6 is 11.3 Å². The molecule has 0 saturated carbocycles. The van der Waals surface area contributed by atoms with E-state index in [1.807, 2.05) is 11.3 Å². The molecule has 176 valence electrons. The zero-order valence-corrected chi connectivity index (χ0v) is 21.3.